The van der Waals surface area contributed by atoms with Gasteiger partial charge < -0.3 is 39.1 Å². The van der Waals surface area contributed by atoms with E-state index in [4.69, 9.17) is 13.0 Å². The van der Waals surface area contributed by atoms with Gasteiger partial charge in [-0.15, -0.1) is 0 Å². The highest BCUT2D eigenvalue weighted by Gasteiger charge is 2.03. The van der Waals surface area contributed by atoms with Crippen LogP contribution in [0.3, 0.4) is 0 Å². The first-order valence-corrected chi connectivity index (χ1v) is 20.2. The summed E-state index contributed by atoms with van der Waals surface area (Å²) < 4.78 is 27.2. The zero-order valence-corrected chi connectivity index (χ0v) is 33.4. The van der Waals surface area contributed by atoms with Gasteiger partial charge in [0.2, 0.25) is 0 Å². The van der Waals surface area contributed by atoms with E-state index in [9.17, 15) is 19.8 Å². The number of carbonyl (C=O) groups is 2. The standard InChI is InChI=1S/3C9H21N.C4H8O2.C3H6O2.CH4O3S/c3*1-4-7-10(8-5-2)9-6-3;1-2-3-4(5)6;1-2-3(4)5;1-5(2,3)4/h3*4-9H2,1-3H3;2-3H2,1H3,(H,5,6);2H2,1H3,(H,4,5);1H3,(H,2,3,4). The summed E-state index contributed by atoms with van der Waals surface area (Å²) in [5.74, 6) is -1.96. The lowest BCUT2D eigenvalue weighted by Gasteiger charge is -2.16. The first-order chi connectivity index (χ1) is 21.6. The number of carboxylic acid groups (broad SMARTS) is 2. The molecule has 0 saturated heterocycles. The highest BCUT2D eigenvalue weighted by Crippen LogP contribution is 1.79. The maximum absolute atomic E-state index is 9.49. The van der Waals surface area contributed by atoms with Crippen molar-refractivity contribution in [2.45, 2.75) is 153 Å². The number of carbonyl (C=O) groups excluding carboxylic acids is 2. The summed E-state index contributed by atoms with van der Waals surface area (Å²) >= 11 is 0. The Morgan fingerprint density at radius 1 is 0.435 bits per heavy atom. The van der Waals surface area contributed by atoms with E-state index in [-0.39, 0.29) is 12.8 Å². The smallest absolute Gasteiger partial charge is 0.0916 e. The van der Waals surface area contributed by atoms with E-state index in [0.29, 0.717) is 12.7 Å². The summed E-state index contributed by atoms with van der Waals surface area (Å²) in [4.78, 5) is 24.1. The van der Waals surface area contributed by atoms with E-state index in [1.165, 1.54) is 124 Å². The Kier molecular flexibility index (Phi) is 59.7. The highest BCUT2D eigenvalue weighted by atomic mass is 32.2. The molecule has 0 aromatic carbocycles. The van der Waals surface area contributed by atoms with Crippen molar-refractivity contribution in [3.05, 3.63) is 0 Å². The van der Waals surface area contributed by atoms with Crippen molar-refractivity contribution in [3.8, 4) is 0 Å². The maximum Gasteiger partial charge on any atom is 0.0916 e. The first-order valence-electron chi connectivity index (χ1n) is 18.4. The van der Waals surface area contributed by atoms with Crippen LogP contribution in [-0.4, -0.2) is 90.1 Å². The molecule has 10 nitrogen and oxygen atoms in total. The molecule has 0 aliphatic heterocycles. The molecule has 0 radical (unpaired) electrons. The molecule has 0 aromatic rings. The van der Waals surface area contributed by atoms with Crippen LogP contribution in [0.25, 0.3) is 0 Å². The molecule has 0 heterocycles. The van der Waals surface area contributed by atoms with E-state index in [1.807, 2.05) is 0 Å². The minimum Gasteiger partial charge on any atom is -0.748 e. The average Bonchev–Trinajstić information content (AvgIpc) is 2.95. The molecule has 0 bridgehead atoms. The second-order valence-corrected chi connectivity index (χ2v) is 13.0. The Balaban J connectivity index is -0.000000107. The Labute approximate surface area is 287 Å². The Morgan fingerprint density at radius 2 is 0.587 bits per heavy atom. The molecule has 0 unspecified atom stereocenters. The molecule has 3 N–H and O–H groups in total. The van der Waals surface area contributed by atoms with Crippen molar-refractivity contribution in [2.75, 3.05) is 65.2 Å². The second-order valence-electron chi connectivity index (χ2n) is 11.6. The zero-order chi connectivity index (χ0) is 37.2. The summed E-state index contributed by atoms with van der Waals surface area (Å²) in [5.41, 5.74) is 0. The van der Waals surface area contributed by atoms with Crippen molar-refractivity contribution in [2.24, 2.45) is 0 Å². The Morgan fingerprint density at radius 3 is 0.630 bits per heavy atom. The Hall–Kier alpha value is -1.27. The third-order valence-electron chi connectivity index (χ3n) is 6.17. The fourth-order valence-electron chi connectivity index (χ4n) is 4.51. The van der Waals surface area contributed by atoms with Crippen molar-refractivity contribution < 1.29 is 47.5 Å². The van der Waals surface area contributed by atoms with Crippen LogP contribution in [-0.2, 0) is 19.7 Å². The average molecular weight is 688 g/mol. The van der Waals surface area contributed by atoms with Crippen LogP contribution in [0.1, 0.15) is 153 Å². The van der Waals surface area contributed by atoms with E-state index in [2.05, 4.69) is 62.3 Å². The molecule has 0 spiro atoms. The lowest BCUT2D eigenvalue weighted by molar-refractivity contribution is -0.900. The fourth-order valence-corrected chi connectivity index (χ4v) is 4.51. The summed E-state index contributed by atoms with van der Waals surface area (Å²) in [6.07, 6.45) is 13.5. The van der Waals surface area contributed by atoms with Crippen LogP contribution in [0.2, 0.25) is 0 Å². The molecule has 0 amide bonds. The monoisotopic (exact) mass is 688 g/mol. The van der Waals surface area contributed by atoms with Crippen LogP contribution < -0.4 is 24.9 Å². The number of quaternary nitrogens is 3. The van der Waals surface area contributed by atoms with Crippen molar-refractivity contribution in [1.82, 2.24) is 0 Å². The molecule has 0 aliphatic carbocycles. The normalized spacial score (nSPS) is 10.2. The van der Waals surface area contributed by atoms with Gasteiger partial charge in [0.15, 0.2) is 0 Å². The lowest BCUT2D eigenvalue weighted by Crippen LogP contribution is -3.11. The van der Waals surface area contributed by atoms with Crippen molar-refractivity contribution in [1.29, 1.82) is 0 Å². The van der Waals surface area contributed by atoms with E-state index in [1.54, 1.807) is 21.6 Å². The van der Waals surface area contributed by atoms with Crippen molar-refractivity contribution in [3.63, 3.8) is 0 Å². The number of rotatable bonds is 21. The molecule has 0 rings (SSSR count). The molecule has 46 heavy (non-hydrogen) atoms. The van der Waals surface area contributed by atoms with Crippen LogP contribution >= 0.6 is 0 Å². The SMILES string of the molecule is CCC(=O)[O-].CCCC(=O)[O-].CCC[NH+](CCC)CCC.CCC[NH+](CCC)CCC.CCC[NH+](CCC)CCC.CS(=O)(=O)[O-]. The number of hydrogen-bond acceptors (Lipinski definition) is 7. The van der Waals surface area contributed by atoms with Crippen LogP contribution in [0.15, 0.2) is 0 Å². The van der Waals surface area contributed by atoms with Gasteiger partial charge in [-0.25, -0.2) is 8.42 Å². The first kappa shape index (κ1) is 57.0. The largest absolute Gasteiger partial charge is 0.748 e. The molecule has 284 valence electrons. The van der Waals surface area contributed by atoms with Crippen molar-refractivity contribution >= 4 is 22.1 Å². The second kappa shape index (κ2) is 48.1. The topological polar surface area (TPSA) is 151 Å². The van der Waals surface area contributed by atoms with Gasteiger partial charge in [-0.2, -0.15) is 0 Å². The zero-order valence-electron chi connectivity index (χ0n) is 32.6. The highest BCUT2D eigenvalue weighted by molar-refractivity contribution is 7.84. The molecular weight excluding hydrogens is 606 g/mol. The minimum atomic E-state index is -3.92. The van der Waals surface area contributed by atoms with Crippen LogP contribution in [0.4, 0.5) is 0 Å². The number of hydrogen-bond donors (Lipinski definition) is 3. The molecule has 0 fully saturated rings. The van der Waals surface area contributed by atoms with E-state index >= 15 is 0 Å². The summed E-state index contributed by atoms with van der Waals surface area (Å²) in [7, 11) is -3.92. The quantitative estimate of drug-likeness (QED) is 0.153. The number of carboxylic acids is 2. The minimum absolute atomic E-state index is 0.111. The predicted molar refractivity (Wildman–Crippen MR) is 190 cm³/mol. The molecule has 11 heteroatoms. The maximum atomic E-state index is 9.49. The predicted octanol–water partition coefficient (Wildman–Crippen LogP) is 1.15. The molecule has 0 saturated carbocycles. The number of nitrogens with one attached hydrogen (secondary N) is 3. The fraction of sp³-hybridized carbons (Fsp3) is 0.943. The summed E-state index contributed by atoms with van der Waals surface area (Å²) in [5, 5.41) is 18.7. The van der Waals surface area contributed by atoms with Gasteiger partial charge in [-0.3, -0.25) is 0 Å². The third-order valence-corrected chi connectivity index (χ3v) is 6.17. The van der Waals surface area contributed by atoms with Gasteiger partial charge in [0.05, 0.1) is 69.0 Å². The Bertz CT molecular complexity index is 588. The lowest BCUT2D eigenvalue weighted by atomic mass is 10.3. The number of aliphatic carboxylic acids is 2. The van der Waals surface area contributed by atoms with E-state index < -0.39 is 22.1 Å². The van der Waals surface area contributed by atoms with Gasteiger partial charge in [0.1, 0.15) is 0 Å². The van der Waals surface area contributed by atoms with Crippen LogP contribution in [0.5, 0.6) is 0 Å². The molecule has 0 aromatic heterocycles. The van der Waals surface area contributed by atoms with Gasteiger partial charge >= 0.3 is 0 Å². The van der Waals surface area contributed by atoms with Gasteiger partial charge in [0.25, 0.3) is 0 Å². The van der Waals surface area contributed by atoms with Gasteiger partial charge in [0, 0.05) is 18.2 Å². The molecule has 0 atom stereocenters. The molecular formula is C35H81N3O7S. The summed E-state index contributed by atoms with van der Waals surface area (Å²) in [6.45, 7) is 36.0. The van der Waals surface area contributed by atoms with Gasteiger partial charge in [-0.05, 0) is 70.6 Å². The summed E-state index contributed by atoms with van der Waals surface area (Å²) in [6, 6.07) is 0. The van der Waals surface area contributed by atoms with Gasteiger partial charge in [-0.1, -0.05) is 82.6 Å². The molecule has 0 aliphatic rings. The third kappa shape index (κ3) is 78.8. The van der Waals surface area contributed by atoms with E-state index in [0.717, 1.165) is 0 Å². The van der Waals surface area contributed by atoms with Crippen LogP contribution in [0, 0.1) is 0 Å².